The van der Waals surface area contributed by atoms with E-state index in [1.165, 1.54) is 37.3 Å². The third-order valence-electron chi connectivity index (χ3n) is 6.95. The Morgan fingerprint density at radius 2 is 1.60 bits per heavy atom. The van der Waals surface area contributed by atoms with Crippen LogP contribution in [0.25, 0.3) is 0 Å². The Kier molecular flexibility index (Phi) is 13.2. The summed E-state index contributed by atoms with van der Waals surface area (Å²) in [4.78, 5) is 28.8. The predicted octanol–water partition coefficient (Wildman–Crippen LogP) is 5.94. The molecule has 1 N–H and O–H groups in total. The molecular formula is C32H39Cl2N3O7S. The van der Waals surface area contributed by atoms with Crippen LogP contribution < -0.4 is 23.8 Å². The third-order valence-corrected chi connectivity index (χ3v) is 9.31. The molecule has 3 rings (SSSR count). The third kappa shape index (κ3) is 8.96. The fourth-order valence-electron chi connectivity index (χ4n) is 4.63. The summed E-state index contributed by atoms with van der Waals surface area (Å²) >= 11 is 12.6. The highest BCUT2D eigenvalue weighted by Crippen LogP contribution is 2.33. The Morgan fingerprint density at radius 1 is 0.911 bits per heavy atom. The Morgan fingerprint density at radius 3 is 2.18 bits per heavy atom. The van der Waals surface area contributed by atoms with Crippen LogP contribution in [-0.2, 0) is 26.2 Å². The number of nitrogens with one attached hydrogen (secondary N) is 1. The molecule has 0 aliphatic carbocycles. The van der Waals surface area contributed by atoms with Gasteiger partial charge in [0.05, 0.1) is 31.4 Å². The highest BCUT2D eigenvalue weighted by molar-refractivity contribution is 7.92. The van der Waals surface area contributed by atoms with Gasteiger partial charge < -0.3 is 24.4 Å². The summed E-state index contributed by atoms with van der Waals surface area (Å²) in [5, 5.41) is 3.58. The number of anilines is 1. The minimum Gasteiger partial charge on any atom is -0.494 e. The Labute approximate surface area is 275 Å². The summed E-state index contributed by atoms with van der Waals surface area (Å²) in [7, 11) is -1.51. The number of amides is 2. The molecule has 0 heterocycles. The molecule has 10 nitrogen and oxygen atoms in total. The number of halogens is 2. The molecule has 0 aromatic heterocycles. The second kappa shape index (κ2) is 16.6. The lowest BCUT2D eigenvalue weighted by atomic mass is 10.1. The van der Waals surface area contributed by atoms with Crippen LogP contribution in [-0.4, -0.2) is 65.1 Å². The van der Waals surface area contributed by atoms with Crippen LogP contribution in [0.1, 0.15) is 39.2 Å². The Hall–Kier alpha value is -3.67. The average molecular weight is 681 g/mol. The highest BCUT2D eigenvalue weighted by atomic mass is 35.5. The van der Waals surface area contributed by atoms with Gasteiger partial charge in [0.25, 0.3) is 10.0 Å². The van der Waals surface area contributed by atoms with Crippen LogP contribution in [0.5, 0.6) is 17.2 Å². The van der Waals surface area contributed by atoms with Gasteiger partial charge in [-0.25, -0.2) is 8.42 Å². The van der Waals surface area contributed by atoms with Gasteiger partial charge in [-0.3, -0.25) is 13.9 Å². The quantitative estimate of drug-likeness (QED) is 0.199. The number of carbonyl (C=O) groups excluding carboxylic acids is 2. The van der Waals surface area contributed by atoms with Crippen LogP contribution in [0.15, 0.2) is 65.6 Å². The number of carbonyl (C=O) groups is 2. The fourth-order valence-corrected chi connectivity index (χ4v) is 6.53. The van der Waals surface area contributed by atoms with E-state index in [2.05, 4.69) is 5.32 Å². The van der Waals surface area contributed by atoms with E-state index in [1.54, 1.807) is 49.4 Å². The van der Waals surface area contributed by atoms with Gasteiger partial charge in [-0.15, -0.1) is 0 Å². The molecule has 0 saturated heterocycles. The van der Waals surface area contributed by atoms with E-state index < -0.39 is 28.5 Å². The Bertz CT molecular complexity index is 1570. The van der Waals surface area contributed by atoms with Crippen molar-refractivity contribution >= 4 is 50.7 Å². The monoisotopic (exact) mass is 679 g/mol. The first-order chi connectivity index (χ1) is 21.5. The van der Waals surface area contributed by atoms with E-state index >= 15 is 0 Å². The second-order valence-corrected chi connectivity index (χ2v) is 12.6. The van der Waals surface area contributed by atoms with E-state index in [0.717, 1.165) is 4.31 Å². The van der Waals surface area contributed by atoms with Gasteiger partial charge in [-0.2, -0.15) is 0 Å². The van der Waals surface area contributed by atoms with Gasteiger partial charge in [-0.1, -0.05) is 43.1 Å². The van der Waals surface area contributed by atoms with Gasteiger partial charge in [0.15, 0.2) is 11.5 Å². The molecule has 45 heavy (non-hydrogen) atoms. The summed E-state index contributed by atoms with van der Waals surface area (Å²) in [6, 6.07) is 14.5. The van der Waals surface area contributed by atoms with Crippen molar-refractivity contribution in [3.63, 3.8) is 0 Å². The van der Waals surface area contributed by atoms with E-state index in [4.69, 9.17) is 37.4 Å². The first-order valence-corrected chi connectivity index (χ1v) is 16.7. The number of rotatable bonds is 16. The first-order valence-electron chi connectivity index (χ1n) is 14.5. The van der Waals surface area contributed by atoms with Crippen LogP contribution in [0.4, 0.5) is 5.69 Å². The van der Waals surface area contributed by atoms with Gasteiger partial charge >= 0.3 is 0 Å². The summed E-state index contributed by atoms with van der Waals surface area (Å²) in [6.45, 7) is 5.71. The largest absolute Gasteiger partial charge is 0.494 e. The topological polar surface area (TPSA) is 114 Å². The van der Waals surface area contributed by atoms with Gasteiger partial charge in [0.2, 0.25) is 11.8 Å². The molecule has 2 amide bonds. The highest BCUT2D eigenvalue weighted by Gasteiger charge is 2.34. The second-order valence-electron chi connectivity index (χ2n) is 9.93. The molecule has 3 aromatic carbocycles. The SMILES string of the molecule is CCCNC(=O)[C@H](CC)N(Cc1ccc(Cl)cc1Cl)C(=O)CN(c1ccc(OCC)cc1)S(=O)(=O)c1ccc(OC)c(OC)c1. The molecule has 0 radical (unpaired) electrons. The number of benzene rings is 3. The molecule has 244 valence electrons. The summed E-state index contributed by atoms with van der Waals surface area (Å²) < 4.78 is 45.7. The normalized spacial score (nSPS) is 11.8. The smallest absolute Gasteiger partial charge is 0.264 e. The molecule has 0 unspecified atom stereocenters. The molecule has 0 aliphatic heterocycles. The van der Waals surface area contributed by atoms with Gasteiger partial charge in [-0.05, 0) is 73.9 Å². The van der Waals surface area contributed by atoms with E-state index in [-0.39, 0.29) is 35.2 Å². The standard InChI is InChI=1S/C32H39Cl2N3O7S/c1-6-17-35-32(39)28(7-2)36(20-22-9-10-23(33)18-27(22)34)31(38)21-37(24-11-13-25(14-12-24)44-8-3)45(40,41)26-15-16-29(42-4)30(19-26)43-5/h9-16,18-19,28H,6-8,17,20-21H2,1-5H3,(H,35,39)/t28-/m0/s1. The van der Waals surface area contributed by atoms with Crippen molar-refractivity contribution in [2.75, 3.05) is 38.2 Å². The minimum atomic E-state index is -4.35. The van der Waals surface area contributed by atoms with Crippen molar-refractivity contribution in [1.29, 1.82) is 0 Å². The Balaban J connectivity index is 2.12. The summed E-state index contributed by atoms with van der Waals surface area (Å²) in [5.41, 5.74) is 0.765. The number of sulfonamides is 1. The summed E-state index contributed by atoms with van der Waals surface area (Å²) in [6.07, 6.45) is 0.978. The lowest BCUT2D eigenvalue weighted by Gasteiger charge is -2.33. The van der Waals surface area contributed by atoms with Crippen LogP contribution >= 0.6 is 23.2 Å². The molecule has 0 saturated carbocycles. The average Bonchev–Trinajstić information content (AvgIpc) is 3.03. The number of hydrogen-bond acceptors (Lipinski definition) is 7. The number of hydrogen-bond donors (Lipinski definition) is 1. The van der Waals surface area contributed by atoms with E-state index in [0.29, 0.717) is 46.7 Å². The van der Waals surface area contributed by atoms with Crippen molar-refractivity contribution in [1.82, 2.24) is 10.2 Å². The molecule has 0 spiro atoms. The van der Waals surface area contributed by atoms with Crippen LogP contribution in [0.3, 0.4) is 0 Å². The van der Waals surface area contributed by atoms with Gasteiger partial charge in [0, 0.05) is 29.2 Å². The molecule has 1 atom stereocenters. The molecule has 0 fully saturated rings. The van der Waals surface area contributed by atoms with E-state index in [1.807, 2.05) is 13.8 Å². The van der Waals surface area contributed by atoms with Crippen molar-refractivity contribution < 1.29 is 32.2 Å². The fraction of sp³-hybridized carbons (Fsp3) is 0.375. The molecule has 0 aliphatic rings. The maximum Gasteiger partial charge on any atom is 0.264 e. The van der Waals surface area contributed by atoms with Crippen molar-refractivity contribution in [2.45, 2.75) is 51.1 Å². The zero-order valence-corrected chi connectivity index (χ0v) is 28.3. The zero-order chi connectivity index (χ0) is 33.1. The van der Waals surface area contributed by atoms with Crippen molar-refractivity contribution in [3.05, 3.63) is 76.3 Å². The predicted molar refractivity (Wildman–Crippen MR) is 176 cm³/mol. The number of ether oxygens (including phenoxy) is 3. The maximum atomic E-state index is 14.3. The first kappa shape index (κ1) is 35.8. The van der Waals surface area contributed by atoms with Crippen molar-refractivity contribution in [2.24, 2.45) is 0 Å². The number of methoxy groups -OCH3 is 2. The molecule has 3 aromatic rings. The van der Waals surface area contributed by atoms with Gasteiger partial charge in [0.1, 0.15) is 18.3 Å². The zero-order valence-electron chi connectivity index (χ0n) is 26.0. The van der Waals surface area contributed by atoms with Crippen molar-refractivity contribution in [3.8, 4) is 17.2 Å². The molecule has 13 heteroatoms. The maximum absolute atomic E-state index is 14.3. The minimum absolute atomic E-state index is 0.0551. The van der Waals surface area contributed by atoms with Crippen LogP contribution in [0, 0.1) is 0 Å². The lowest BCUT2D eigenvalue weighted by molar-refractivity contribution is -0.140. The molecular weight excluding hydrogens is 641 g/mol. The molecule has 0 bridgehead atoms. The number of nitrogens with zero attached hydrogens (tertiary/aromatic N) is 2. The summed E-state index contributed by atoms with van der Waals surface area (Å²) in [5.74, 6) is 0.114. The lowest BCUT2D eigenvalue weighted by Crippen LogP contribution is -2.52. The van der Waals surface area contributed by atoms with Crippen LogP contribution in [0.2, 0.25) is 10.0 Å². The van der Waals surface area contributed by atoms with E-state index in [9.17, 15) is 18.0 Å².